The fourth-order valence-corrected chi connectivity index (χ4v) is 8.66. The predicted molar refractivity (Wildman–Crippen MR) is 114 cm³/mol. The lowest BCUT2D eigenvalue weighted by molar-refractivity contribution is 0.528. The molecule has 162 valence electrons. The number of halogens is 3. The summed E-state index contributed by atoms with van der Waals surface area (Å²) in [5, 5.41) is -2.83. The smallest absolute Gasteiger partial charge is 0.188 e. The van der Waals surface area contributed by atoms with Crippen LogP contribution in [-0.4, -0.2) is 27.1 Å². The van der Waals surface area contributed by atoms with Gasteiger partial charge in [0.05, 0.1) is 20.7 Å². The second-order valence-corrected chi connectivity index (χ2v) is 12.3. The summed E-state index contributed by atoms with van der Waals surface area (Å²) in [5.74, 6) is -1.21. The van der Waals surface area contributed by atoms with E-state index in [9.17, 15) is 25.6 Å². The van der Waals surface area contributed by atoms with Crippen molar-refractivity contribution < 1.29 is 25.6 Å². The van der Waals surface area contributed by atoms with Gasteiger partial charge in [-0.3, -0.25) is 4.98 Å². The SMILES string of the molecule is O=S(=O)(c1ccc(F)cc1)C1CCc2cc(Br)cnc2C1S(=O)(=O)c1ccc(F)cc1. The van der Waals surface area contributed by atoms with Gasteiger partial charge in [-0.1, -0.05) is 0 Å². The van der Waals surface area contributed by atoms with Crippen LogP contribution < -0.4 is 0 Å². The third-order valence-corrected chi connectivity index (χ3v) is 10.3. The number of fused-ring (bicyclic) bond motifs is 1. The monoisotopic (exact) mass is 527 g/mol. The van der Waals surface area contributed by atoms with E-state index in [1.165, 1.54) is 6.20 Å². The molecule has 0 saturated heterocycles. The van der Waals surface area contributed by atoms with Crippen LogP contribution >= 0.6 is 15.9 Å². The van der Waals surface area contributed by atoms with Gasteiger partial charge in [-0.25, -0.2) is 25.6 Å². The molecule has 0 spiro atoms. The molecule has 2 atom stereocenters. The maximum atomic E-state index is 13.6. The van der Waals surface area contributed by atoms with Crippen molar-refractivity contribution in [1.29, 1.82) is 0 Å². The molecule has 2 aromatic carbocycles. The summed E-state index contributed by atoms with van der Waals surface area (Å²) < 4.78 is 81.4. The molecule has 0 bridgehead atoms. The molecule has 1 aliphatic carbocycles. The van der Waals surface area contributed by atoms with Crippen LogP contribution in [0, 0.1) is 11.6 Å². The first-order valence-electron chi connectivity index (χ1n) is 9.24. The van der Waals surface area contributed by atoms with Crippen LogP contribution in [0.2, 0.25) is 0 Å². The molecule has 0 N–H and O–H groups in total. The minimum atomic E-state index is -4.25. The Bertz CT molecular complexity index is 1340. The van der Waals surface area contributed by atoms with E-state index in [2.05, 4.69) is 20.9 Å². The topological polar surface area (TPSA) is 81.2 Å². The quantitative estimate of drug-likeness (QED) is 0.469. The molecule has 1 aromatic heterocycles. The zero-order valence-corrected chi connectivity index (χ0v) is 19.1. The number of pyridine rings is 1. The fourth-order valence-electron chi connectivity index (χ4n) is 3.81. The summed E-state index contributed by atoms with van der Waals surface area (Å²) in [7, 11) is -8.40. The van der Waals surface area contributed by atoms with Crippen molar-refractivity contribution in [3.63, 3.8) is 0 Å². The molecule has 5 nitrogen and oxygen atoms in total. The Hall–Kier alpha value is -2.17. The summed E-state index contributed by atoms with van der Waals surface area (Å²) in [6.07, 6.45) is 1.76. The predicted octanol–water partition coefficient (Wildman–Crippen LogP) is 4.43. The zero-order chi connectivity index (χ0) is 22.4. The van der Waals surface area contributed by atoms with E-state index in [4.69, 9.17) is 0 Å². The van der Waals surface area contributed by atoms with Crippen LogP contribution in [0.15, 0.2) is 75.1 Å². The number of sulfone groups is 2. The van der Waals surface area contributed by atoms with Crippen molar-refractivity contribution in [2.24, 2.45) is 0 Å². The number of hydrogen-bond acceptors (Lipinski definition) is 5. The summed E-state index contributed by atoms with van der Waals surface area (Å²) in [6.45, 7) is 0. The van der Waals surface area contributed by atoms with Crippen molar-refractivity contribution in [3.8, 4) is 0 Å². The summed E-state index contributed by atoms with van der Waals surface area (Å²) in [5.41, 5.74) is 0.769. The van der Waals surface area contributed by atoms with E-state index in [1.54, 1.807) is 6.07 Å². The van der Waals surface area contributed by atoms with Gasteiger partial charge in [0.25, 0.3) is 0 Å². The first-order valence-corrected chi connectivity index (χ1v) is 13.1. The number of hydrogen-bond donors (Lipinski definition) is 0. The Morgan fingerprint density at radius 3 is 1.90 bits per heavy atom. The molecular formula is C21H16BrF2NO4S2. The number of benzene rings is 2. The molecule has 0 saturated carbocycles. The maximum Gasteiger partial charge on any atom is 0.188 e. The van der Waals surface area contributed by atoms with Gasteiger partial charge in [-0.05, 0) is 88.9 Å². The minimum absolute atomic E-state index is 0.0376. The zero-order valence-electron chi connectivity index (χ0n) is 15.9. The van der Waals surface area contributed by atoms with Crippen LogP contribution in [0.5, 0.6) is 0 Å². The molecular weight excluding hydrogens is 512 g/mol. The fraction of sp³-hybridized carbons (Fsp3) is 0.190. The van der Waals surface area contributed by atoms with E-state index >= 15 is 0 Å². The van der Waals surface area contributed by atoms with Crippen LogP contribution in [0.4, 0.5) is 8.78 Å². The maximum absolute atomic E-state index is 13.6. The molecule has 31 heavy (non-hydrogen) atoms. The van der Waals surface area contributed by atoms with Crippen LogP contribution in [0.3, 0.4) is 0 Å². The molecule has 0 radical (unpaired) electrons. The third kappa shape index (κ3) is 4.04. The second kappa shape index (κ2) is 8.07. The van der Waals surface area contributed by atoms with Gasteiger partial charge in [0.15, 0.2) is 19.7 Å². The van der Waals surface area contributed by atoms with E-state index in [-0.39, 0.29) is 21.9 Å². The molecule has 0 fully saturated rings. The lowest BCUT2D eigenvalue weighted by Crippen LogP contribution is -2.38. The normalized spacial score (nSPS) is 19.1. The number of rotatable bonds is 4. The van der Waals surface area contributed by atoms with E-state index in [0.717, 1.165) is 48.5 Å². The first-order chi connectivity index (χ1) is 14.6. The van der Waals surface area contributed by atoms with Crippen LogP contribution in [-0.2, 0) is 26.1 Å². The largest absolute Gasteiger partial charge is 0.258 e. The molecule has 0 aliphatic heterocycles. The van der Waals surface area contributed by atoms with Crippen molar-refractivity contribution in [3.05, 3.63) is 88.2 Å². The van der Waals surface area contributed by atoms with Crippen molar-refractivity contribution in [1.82, 2.24) is 4.98 Å². The summed E-state index contributed by atoms with van der Waals surface area (Å²) in [4.78, 5) is 3.89. The lowest BCUT2D eigenvalue weighted by Gasteiger charge is -2.32. The Morgan fingerprint density at radius 1 is 0.839 bits per heavy atom. The highest BCUT2D eigenvalue weighted by molar-refractivity contribution is 9.10. The van der Waals surface area contributed by atoms with Gasteiger partial charge >= 0.3 is 0 Å². The molecule has 1 heterocycles. The standard InChI is InChI=1S/C21H16BrF2NO4S2/c22-14-11-13-1-10-19(30(26,27)17-6-2-15(23)3-7-17)21(20(13)25-12-14)31(28,29)18-8-4-16(24)5-9-18/h2-9,11-12,19,21H,1,10H2. The molecule has 4 rings (SSSR count). The highest BCUT2D eigenvalue weighted by Crippen LogP contribution is 2.43. The molecule has 2 unspecified atom stereocenters. The van der Waals surface area contributed by atoms with Crippen LogP contribution in [0.1, 0.15) is 22.9 Å². The van der Waals surface area contributed by atoms with Crippen LogP contribution in [0.25, 0.3) is 0 Å². The molecule has 0 amide bonds. The Labute approximate surface area is 187 Å². The Balaban J connectivity index is 1.91. The van der Waals surface area contributed by atoms with Crippen molar-refractivity contribution in [2.75, 3.05) is 0 Å². The molecule has 1 aliphatic rings. The highest BCUT2D eigenvalue weighted by atomic mass is 79.9. The lowest BCUT2D eigenvalue weighted by atomic mass is 9.95. The van der Waals surface area contributed by atoms with Gasteiger partial charge in [0, 0.05) is 10.7 Å². The van der Waals surface area contributed by atoms with Gasteiger partial charge in [0.2, 0.25) is 0 Å². The third-order valence-electron chi connectivity index (χ3n) is 5.29. The number of aryl methyl sites for hydroxylation is 1. The Kier molecular flexibility index (Phi) is 5.74. The van der Waals surface area contributed by atoms with Gasteiger partial charge in [-0.2, -0.15) is 0 Å². The molecule has 10 heteroatoms. The van der Waals surface area contributed by atoms with Gasteiger partial charge < -0.3 is 0 Å². The Morgan fingerprint density at radius 2 is 1.35 bits per heavy atom. The average Bonchev–Trinajstić information content (AvgIpc) is 2.73. The number of aromatic nitrogens is 1. The minimum Gasteiger partial charge on any atom is -0.258 e. The van der Waals surface area contributed by atoms with E-state index < -0.39 is 41.8 Å². The second-order valence-electron chi connectivity index (χ2n) is 7.19. The van der Waals surface area contributed by atoms with Crippen molar-refractivity contribution >= 4 is 35.6 Å². The van der Waals surface area contributed by atoms with E-state index in [1.807, 2.05) is 0 Å². The highest BCUT2D eigenvalue weighted by Gasteiger charge is 2.47. The van der Waals surface area contributed by atoms with Gasteiger partial charge in [-0.15, -0.1) is 0 Å². The van der Waals surface area contributed by atoms with E-state index in [0.29, 0.717) is 16.5 Å². The summed E-state index contributed by atoms with van der Waals surface area (Å²) in [6, 6.07) is 10.2. The summed E-state index contributed by atoms with van der Waals surface area (Å²) >= 11 is 3.30. The van der Waals surface area contributed by atoms with Crippen molar-refractivity contribution in [2.45, 2.75) is 33.1 Å². The number of nitrogens with zero attached hydrogens (tertiary/aromatic N) is 1. The first kappa shape index (κ1) is 22.0. The average molecular weight is 528 g/mol. The van der Waals surface area contributed by atoms with Gasteiger partial charge in [0.1, 0.15) is 16.9 Å². The molecule has 3 aromatic rings.